The van der Waals surface area contributed by atoms with Gasteiger partial charge in [0.15, 0.2) is 0 Å². The van der Waals surface area contributed by atoms with Gasteiger partial charge in [-0.3, -0.25) is 4.79 Å². The van der Waals surface area contributed by atoms with E-state index in [1.807, 2.05) is 32.0 Å². The molecule has 1 aliphatic heterocycles. The van der Waals surface area contributed by atoms with Crippen LogP contribution in [-0.4, -0.2) is 5.91 Å². The van der Waals surface area contributed by atoms with Crippen LogP contribution in [0.15, 0.2) is 24.3 Å². The SMILES string of the molecule is CC.O=C1CCc2ccccc2N1.[HH]. The van der Waals surface area contributed by atoms with E-state index in [0.29, 0.717) is 6.42 Å². The smallest absolute Gasteiger partial charge is 0.224 e. The monoisotopic (exact) mass is 179 g/mol. The third kappa shape index (κ3) is 2.31. The molecule has 72 valence electrons. The Morgan fingerprint density at radius 3 is 2.69 bits per heavy atom. The Labute approximate surface area is 80.5 Å². The molecule has 0 spiro atoms. The first-order chi connectivity index (χ1) is 6.36. The zero-order valence-electron chi connectivity index (χ0n) is 8.13. The number of hydrogen-bond acceptors (Lipinski definition) is 1. The summed E-state index contributed by atoms with van der Waals surface area (Å²) in [5.74, 6) is 0.128. The number of benzene rings is 1. The second kappa shape index (κ2) is 4.65. The van der Waals surface area contributed by atoms with E-state index in [0.717, 1.165) is 12.1 Å². The predicted molar refractivity (Wildman–Crippen MR) is 56.9 cm³/mol. The van der Waals surface area contributed by atoms with Crippen molar-refractivity contribution in [2.24, 2.45) is 0 Å². The number of fused-ring (bicyclic) bond motifs is 1. The number of carbonyl (C=O) groups excluding carboxylic acids is 1. The first-order valence-corrected chi connectivity index (χ1v) is 4.74. The van der Waals surface area contributed by atoms with Crippen LogP contribution < -0.4 is 5.32 Å². The second-order valence-electron chi connectivity index (χ2n) is 2.71. The molecule has 2 heteroatoms. The maximum absolute atomic E-state index is 10.9. The van der Waals surface area contributed by atoms with Gasteiger partial charge in [-0.25, -0.2) is 0 Å². The first kappa shape index (κ1) is 9.78. The molecular weight excluding hydrogens is 162 g/mol. The lowest BCUT2D eigenvalue weighted by molar-refractivity contribution is -0.116. The number of nitrogens with one attached hydrogen (secondary N) is 1. The minimum atomic E-state index is 0. The number of para-hydroxylation sites is 1. The highest BCUT2D eigenvalue weighted by atomic mass is 16.1. The van der Waals surface area contributed by atoms with E-state index in [1.165, 1.54) is 5.56 Å². The van der Waals surface area contributed by atoms with Crippen LogP contribution in [0.3, 0.4) is 0 Å². The topological polar surface area (TPSA) is 29.1 Å². The number of amides is 1. The largest absolute Gasteiger partial charge is 0.326 e. The van der Waals surface area contributed by atoms with Gasteiger partial charge in [0, 0.05) is 13.5 Å². The van der Waals surface area contributed by atoms with Crippen molar-refractivity contribution >= 4 is 11.6 Å². The van der Waals surface area contributed by atoms with E-state index in [9.17, 15) is 4.79 Å². The molecule has 0 saturated heterocycles. The number of hydrogen-bond donors (Lipinski definition) is 1. The van der Waals surface area contributed by atoms with Crippen LogP contribution in [0.2, 0.25) is 0 Å². The molecule has 0 aliphatic carbocycles. The maximum atomic E-state index is 10.9. The molecule has 1 amide bonds. The molecule has 0 radical (unpaired) electrons. The summed E-state index contributed by atoms with van der Waals surface area (Å²) >= 11 is 0. The van der Waals surface area contributed by atoms with Crippen molar-refractivity contribution in [1.82, 2.24) is 0 Å². The summed E-state index contributed by atoms with van der Waals surface area (Å²) < 4.78 is 0. The van der Waals surface area contributed by atoms with Crippen LogP contribution in [-0.2, 0) is 11.2 Å². The molecule has 1 heterocycles. The summed E-state index contributed by atoms with van der Waals surface area (Å²) in [4.78, 5) is 10.9. The van der Waals surface area contributed by atoms with Gasteiger partial charge < -0.3 is 5.32 Å². The van der Waals surface area contributed by atoms with Gasteiger partial charge in [-0.2, -0.15) is 0 Å². The Morgan fingerprint density at radius 2 is 1.92 bits per heavy atom. The highest BCUT2D eigenvalue weighted by Crippen LogP contribution is 2.20. The Balaban J connectivity index is 0.000000531. The van der Waals surface area contributed by atoms with Crippen molar-refractivity contribution < 1.29 is 6.22 Å². The average molecular weight is 179 g/mol. The third-order valence-electron chi connectivity index (χ3n) is 1.91. The fourth-order valence-corrected chi connectivity index (χ4v) is 1.32. The van der Waals surface area contributed by atoms with Crippen molar-refractivity contribution in [3.63, 3.8) is 0 Å². The van der Waals surface area contributed by atoms with Gasteiger partial charge in [-0.1, -0.05) is 32.0 Å². The van der Waals surface area contributed by atoms with E-state index in [2.05, 4.69) is 11.4 Å². The van der Waals surface area contributed by atoms with Crippen molar-refractivity contribution in [1.29, 1.82) is 0 Å². The van der Waals surface area contributed by atoms with Crippen molar-refractivity contribution in [2.45, 2.75) is 26.7 Å². The third-order valence-corrected chi connectivity index (χ3v) is 1.91. The molecule has 0 atom stereocenters. The predicted octanol–water partition coefficient (Wildman–Crippen LogP) is 2.84. The summed E-state index contributed by atoms with van der Waals surface area (Å²) in [6.45, 7) is 4.00. The maximum Gasteiger partial charge on any atom is 0.224 e. The van der Waals surface area contributed by atoms with Crippen LogP contribution in [0.5, 0.6) is 0 Å². The van der Waals surface area contributed by atoms with Crippen LogP contribution in [0.25, 0.3) is 0 Å². The van der Waals surface area contributed by atoms with Crippen LogP contribution in [0.1, 0.15) is 27.3 Å². The molecule has 2 rings (SSSR count). The summed E-state index contributed by atoms with van der Waals surface area (Å²) in [6.07, 6.45) is 1.50. The number of anilines is 1. The molecule has 1 aromatic carbocycles. The summed E-state index contributed by atoms with van der Waals surface area (Å²) in [7, 11) is 0. The van der Waals surface area contributed by atoms with E-state index in [4.69, 9.17) is 0 Å². The van der Waals surface area contributed by atoms with Gasteiger partial charge in [0.05, 0.1) is 0 Å². The fourth-order valence-electron chi connectivity index (χ4n) is 1.32. The highest BCUT2D eigenvalue weighted by Gasteiger charge is 2.12. The van der Waals surface area contributed by atoms with Gasteiger partial charge >= 0.3 is 0 Å². The molecule has 0 fully saturated rings. The first-order valence-electron chi connectivity index (χ1n) is 4.74. The summed E-state index contributed by atoms with van der Waals surface area (Å²) in [5.41, 5.74) is 2.22. The zero-order valence-corrected chi connectivity index (χ0v) is 8.13. The minimum absolute atomic E-state index is 0. The number of carbonyl (C=O) groups is 1. The minimum Gasteiger partial charge on any atom is -0.326 e. The van der Waals surface area contributed by atoms with Gasteiger partial charge in [0.2, 0.25) is 5.91 Å². The zero-order chi connectivity index (χ0) is 9.68. The lowest BCUT2D eigenvalue weighted by atomic mass is 10.0. The van der Waals surface area contributed by atoms with Gasteiger partial charge in [0.25, 0.3) is 0 Å². The normalized spacial score (nSPS) is 13.5. The molecule has 13 heavy (non-hydrogen) atoms. The quantitative estimate of drug-likeness (QED) is 0.652. The lowest BCUT2D eigenvalue weighted by Gasteiger charge is -2.15. The average Bonchev–Trinajstić information content (AvgIpc) is 2.21. The molecule has 0 aromatic heterocycles. The van der Waals surface area contributed by atoms with Crippen molar-refractivity contribution in [3.8, 4) is 0 Å². The van der Waals surface area contributed by atoms with E-state index >= 15 is 0 Å². The highest BCUT2D eigenvalue weighted by molar-refractivity contribution is 5.93. The molecular formula is C11H17NO. The molecule has 1 aromatic rings. The Morgan fingerprint density at radius 1 is 1.23 bits per heavy atom. The molecule has 0 bridgehead atoms. The van der Waals surface area contributed by atoms with Crippen molar-refractivity contribution in [2.75, 3.05) is 5.32 Å². The van der Waals surface area contributed by atoms with E-state index in [1.54, 1.807) is 0 Å². The van der Waals surface area contributed by atoms with Crippen LogP contribution in [0.4, 0.5) is 5.69 Å². The lowest BCUT2D eigenvalue weighted by Crippen LogP contribution is -2.18. The second-order valence-corrected chi connectivity index (χ2v) is 2.71. The Hall–Kier alpha value is -1.31. The van der Waals surface area contributed by atoms with E-state index < -0.39 is 0 Å². The molecule has 0 unspecified atom stereocenters. The Kier molecular flexibility index (Phi) is 3.50. The Bertz CT molecular complexity index is 299. The molecule has 1 N–H and O–H groups in total. The van der Waals surface area contributed by atoms with Gasteiger partial charge in [0.1, 0.15) is 0 Å². The molecule has 0 saturated carbocycles. The van der Waals surface area contributed by atoms with E-state index in [-0.39, 0.29) is 7.33 Å². The van der Waals surface area contributed by atoms with Crippen LogP contribution in [0, 0.1) is 0 Å². The fraction of sp³-hybridized carbons (Fsp3) is 0.364. The van der Waals surface area contributed by atoms with Crippen molar-refractivity contribution in [3.05, 3.63) is 29.8 Å². The van der Waals surface area contributed by atoms with Gasteiger partial charge in [-0.05, 0) is 18.1 Å². The standard InChI is InChI=1S/C9H9NO.C2H6.H2/c11-9-6-5-7-3-1-2-4-8(7)10-9;1-2;/h1-4H,5-6H2,(H,10,11);1-2H3;1H. The van der Waals surface area contributed by atoms with Gasteiger partial charge in [-0.15, -0.1) is 0 Å². The molecule has 2 nitrogen and oxygen atoms in total. The number of aryl methyl sites for hydroxylation is 1. The number of rotatable bonds is 0. The molecule has 1 aliphatic rings. The summed E-state index contributed by atoms with van der Waals surface area (Å²) in [5, 5.41) is 2.82. The summed E-state index contributed by atoms with van der Waals surface area (Å²) in [6, 6.07) is 7.92. The van der Waals surface area contributed by atoms with Crippen LogP contribution >= 0.6 is 0 Å².